The molecule has 25 heavy (non-hydrogen) atoms. The molecule has 4 nitrogen and oxygen atoms in total. The number of amides is 1. The summed E-state index contributed by atoms with van der Waals surface area (Å²) in [5, 5.41) is 22.4. The van der Waals surface area contributed by atoms with E-state index in [2.05, 4.69) is 19.2 Å². The van der Waals surface area contributed by atoms with E-state index in [9.17, 15) is 15.0 Å². The minimum atomic E-state index is -0.644. The number of carbonyl (C=O) groups excluding carboxylic acids is 1. The van der Waals surface area contributed by atoms with Crippen LogP contribution in [0.1, 0.15) is 110 Å². The number of hydrogen-bond acceptors (Lipinski definition) is 3. The Labute approximate surface area is 155 Å². The van der Waals surface area contributed by atoms with E-state index in [-0.39, 0.29) is 12.5 Å². The van der Waals surface area contributed by atoms with Crippen molar-refractivity contribution in [3.05, 3.63) is 0 Å². The van der Waals surface area contributed by atoms with Crippen LogP contribution in [-0.4, -0.2) is 34.9 Å². The Morgan fingerprint density at radius 3 is 1.80 bits per heavy atom. The largest absolute Gasteiger partial charge is 0.394 e. The maximum atomic E-state index is 12.0. The minimum absolute atomic E-state index is 0.0467. The Hall–Kier alpha value is -0.610. The summed E-state index contributed by atoms with van der Waals surface area (Å²) in [7, 11) is 0. The first kappa shape index (κ1) is 24.4. The molecule has 0 heterocycles. The number of nitrogens with one attached hydrogen (secondary N) is 1. The lowest BCUT2D eigenvalue weighted by atomic mass is 10.0. The zero-order valence-electron chi connectivity index (χ0n) is 16.8. The Balaban J connectivity index is 3.73. The number of hydrogen-bond donors (Lipinski definition) is 3. The van der Waals surface area contributed by atoms with Crippen molar-refractivity contribution in [2.45, 2.75) is 122 Å². The molecule has 0 aromatic carbocycles. The molecule has 0 radical (unpaired) electrons. The van der Waals surface area contributed by atoms with Crippen molar-refractivity contribution < 1.29 is 15.0 Å². The molecule has 0 rings (SSSR count). The van der Waals surface area contributed by atoms with Gasteiger partial charge in [-0.2, -0.15) is 0 Å². The molecule has 4 heteroatoms. The van der Waals surface area contributed by atoms with Crippen LogP contribution in [0.3, 0.4) is 0 Å². The molecule has 0 aromatic rings. The number of aliphatic hydroxyl groups is 2. The zero-order valence-corrected chi connectivity index (χ0v) is 16.8. The second kappa shape index (κ2) is 18.2. The SMILES string of the molecule is CCCCCCCCCC(=O)NC(CO)C(O)CCCCCCCC. The standard InChI is InChI=1S/C21H43NO3/c1-3-5-7-9-11-13-15-17-21(25)22-19(18-23)20(24)16-14-12-10-8-6-4-2/h19-20,23-24H,3-18H2,1-2H3,(H,22,25). The molecule has 0 aromatic heterocycles. The van der Waals surface area contributed by atoms with Gasteiger partial charge >= 0.3 is 0 Å². The van der Waals surface area contributed by atoms with Crippen LogP contribution in [0, 0.1) is 0 Å². The van der Waals surface area contributed by atoms with Gasteiger partial charge in [-0.3, -0.25) is 4.79 Å². The lowest BCUT2D eigenvalue weighted by Gasteiger charge is -2.22. The summed E-state index contributed by atoms with van der Waals surface area (Å²) in [5.41, 5.74) is 0. The van der Waals surface area contributed by atoms with Crippen molar-refractivity contribution >= 4 is 5.91 Å². The van der Waals surface area contributed by atoms with Crippen molar-refractivity contribution in [3.8, 4) is 0 Å². The molecule has 0 saturated heterocycles. The van der Waals surface area contributed by atoms with E-state index < -0.39 is 12.1 Å². The summed E-state index contributed by atoms with van der Waals surface area (Å²) >= 11 is 0. The third-order valence-corrected chi connectivity index (χ3v) is 4.87. The number of aliphatic hydroxyl groups excluding tert-OH is 2. The molecule has 0 fully saturated rings. The van der Waals surface area contributed by atoms with Gasteiger partial charge in [-0.1, -0.05) is 90.9 Å². The van der Waals surface area contributed by atoms with Crippen LogP contribution in [0.2, 0.25) is 0 Å². The smallest absolute Gasteiger partial charge is 0.220 e. The molecular weight excluding hydrogens is 314 g/mol. The molecule has 150 valence electrons. The molecule has 0 aliphatic rings. The lowest BCUT2D eigenvalue weighted by molar-refractivity contribution is -0.123. The predicted octanol–water partition coefficient (Wildman–Crippen LogP) is 4.72. The predicted molar refractivity (Wildman–Crippen MR) is 106 cm³/mol. The van der Waals surface area contributed by atoms with Crippen LogP contribution in [0.4, 0.5) is 0 Å². The maximum Gasteiger partial charge on any atom is 0.220 e. The van der Waals surface area contributed by atoms with Gasteiger partial charge in [0.25, 0.3) is 0 Å². The molecule has 2 atom stereocenters. The number of unbranched alkanes of at least 4 members (excludes halogenated alkanes) is 11. The van der Waals surface area contributed by atoms with E-state index in [4.69, 9.17) is 0 Å². The Morgan fingerprint density at radius 2 is 1.28 bits per heavy atom. The van der Waals surface area contributed by atoms with Gasteiger partial charge in [0.05, 0.1) is 18.8 Å². The average Bonchev–Trinajstić information content (AvgIpc) is 2.61. The third-order valence-electron chi connectivity index (χ3n) is 4.87. The molecule has 0 aliphatic heterocycles. The molecule has 0 bridgehead atoms. The quantitative estimate of drug-likeness (QED) is 0.311. The first-order valence-corrected chi connectivity index (χ1v) is 10.7. The zero-order chi connectivity index (χ0) is 18.8. The average molecular weight is 358 g/mol. The van der Waals surface area contributed by atoms with Crippen molar-refractivity contribution in [2.75, 3.05) is 6.61 Å². The first-order valence-electron chi connectivity index (χ1n) is 10.7. The summed E-state index contributed by atoms with van der Waals surface area (Å²) < 4.78 is 0. The molecule has 2 unspecified atom stereocenters. The summed E-state index contributed by atoms with van der Waals surface area (Å²) in [5.74, 6) is -0.0467. The highest BCUT2D eigenvalue weighted by molar-refractivity contribution is 5.76. The highest BCUT2D eigenvalue weighted by Gasteiger charge is 2.19. The molecule has 1 amide bonds. The van der Waals surface area contributed by atoms with Gasteiger partial charge in [-0.05, 0) is 12.8 Å². The van der Waals surface area contributed by atoms with Crippen molar-refractivity contribution in [1.82, 2.24) is 5.32 Å². The van der Waals surface area contributed by atoms with Gasteiger partial charge in [0.2, 0.25) is 5.91 Å². The van der Waals surface area contributed by atoms with E-state index in [0.29, 0.717) is 12.8 Å². The van der Waals surface area contributed by atoms with Crippen LogP contribution in [0.25, 0.3) is 0 Å². The van der Waals surface area contributed by atoms with Gasteiger partial charge in [-0.15, -0.1) is 0 Å². The topological polar surface area (TPSA) is 69.6 Å². The summed E-state index contributed by atoms with van der Waals surface area (Å²) in [4.78, 5) is 12.0. The third kappa shape index (κ3) is 15.4. The fraction of sp³-hybridized carbons (Fsp3) is 0.952. The monoisotopic (exact) mass is 357 g/mol. The van der Waals surface area contributed by atoms with Crippen LogP contribution >= 0.6 is 0 Å². The fourth-order valence-electron chi connectivity index (χ4n) is 3.12. The summed E-state index contributed by atoms with van der Waals surface area (Å²) in [6.45, 7) is 4.22. The van der Waals surface area contributed by atoms with Gasteiger partial charge in [0, 0.05) is 6.42 Å². The van der Waals surface area contributed by atoms with E-state index in [1.165, 1.54) is 57.8 Å². The highest BCUT2D eigenvalue weighted by Crippen LogP contribution is 2.11. The Kier molecular flexibility index (Phi) is 17.7. The maximum absolute atomic E-state index is 12.0. The second-order valence-electron chi connectivity index (χ2n) is 7.35. The first-order chi connectivity index (χ1) is 12.2. The van der Waals surface area contributed by atoms with Crippen molar-refractivity contribution in [2.24, 2.45) is 0 Å². The van der Waals surface area contributed by atoms with Crippen molar-refractivity contribution in [1.29, 1.82) is 0 Å². The van der Waals surface area contributed by atoms with E-state index >= 15 is 0 Å². The summed E-state index contributed by atoms with van der Waals surface area (Å²) in [6, 6.07) is -0.521. The van der Waals surface area contributed by atoms with E-state index in [1.54, 1.807) is 0 Å². The minimum Gasteiger partial charge on any atom is -0.394 e. The van der Waals surface area contributed by atoms with Gasteiger partial charge in [0.15, 0.2) is 0 Å². The van der Waals surface area contributed by atoms with Crippen LogP contribution < -0.4 is 5.32 Å². The Morgan fingerprint density at radius 1 is 0.800 bits per heavy atom. The lowest BCUT2D eigenvalue weighted by Crippen LogP contribution is -2.45. The van der Waals surface area contributed by atoms with Gasteiger partial charge in [-0.25, -0.2) is 0 Å². The van der Waals surface area contributed by atoms with Gasteiger partial charge in [0.1, 0.15) is 0 Å². The van der Waals surface area contributed by atoms with E-state index in [1.807, 2.05) is 0 Å². The molecule has 0 saturated carbocycles. The van der Waals surface area contributed by atoms with E-state index in [0.717, 1.165) is 25.7 Å². The molecule has 0 aliphatic carbocycles. The fourth-order valence-corrected chi connectivity index (χ4v) is 3.12. The highest BCUT2D eigenvalue weighted by atomic mass is 16.3. The molecule has 0 spiro atoms. The van der Waals surface area contributed by atoms with Crippen LogP contribution in [-0.2, 0) is 4.79 Å². The number of carbonyl (C=O) groups is 1. The van der Waals surface area contributed by atoms with Crippen LogP contribution in [0.5, 0.6) is 0 Å². The molecular formula is C21H43NO3. The Bertz CT molecular complexity index is 297. The summed E-state index contributed by atoms with van der Waals surface area (Å²) in [6.07, 6.45) is 15.8. The van der Waals surface area contributed by atoms with Crippen molar-refractivity contribution in [3.63, 3.8) is 0 Å². The van der Waals surface area contributed by atoms with Crippen LogP contribution in [0.15, 0.2) is 0 Å². The van der Waals surface area contributed by atoms with Gasteiger partial charge < -0.3 is 15.5 Å². The second-order valence-corrected chi connectivity index (χ2v) is 7.35. The molecule has 3 N–H and O–H groups in total. The number of rotatable bonds is 18. The normalized spacial score (nSPS) is 13.6.